The summed E-state index contributed by atoms with van der Waals surface area (Å²) in [7, 11) is -3.71. The second-order valence-electron chi connectivity index (χ2n) is 3.64. The van der Waals surface area contributed by atoms with E-state index in [4.69, 9.17) is 5.14 Å². The van der Waals surface area contributed by atoms with Crippen molar-refractivity contribution in [3.8, 4) is 0 Å². The molecule has 0 fully saturated rings. The number of halogens is 2. The van der Waals surface area contributed by atoms with Gasteiger partial charge in [0.25, 0.3) is 6.43 Å². The van der Waals surface area contributed by atoms with Gasteiger partial charge in [-0.05, 0) is 24.6 Å². The van der Waals surface area contributed by atoms with Crippen LogP contribution in [-0.4, -0.2) is 21.4 Å². The lowest BCUT2D eigenvalue weighted by Gasteiger charge is -2.14. The van der Waals surface area contributed by atoms with Gasteiger partial charge in [-0.15, -0.1) is 0 Å². The van der Waals surface area contributed by atoms with E-state index in [1.807, 2.05) is 0 Å². The molecule has 0 amide bonds. The highest BCUT2D eigenvalue weighted by molar-refractivity contribution is 7.89. The standard InChI is InChI=1S/C10H14F2N2O2S/c1-7(14-6-10(11)12)8-2-4-9(5-3-8)17(13,15)16/h2-5,7,10,14H,6H2,1H3,(H2,13,15,16). The summed E-state index contributed by atoms with van der Waals surface area (Å²) in [5.74, 6) is 0. The Labute approximate surface area is 98.9 Å². The molecule has 1 aromatic rings. The average molecular weight is 264 g/mol. The highest BCUT2D eigenvalue weighted by Gasteiger charge is 2.11. The number of nitrogens with one attached hydrogen (secondary N) is 1. The molecule has 17 heavy (non-hydrogen) atoms. The second kappa shape index (κ2) is 5.52. The first-order valence-electron chi connectivity index (χ1n) is 4.95. The molecule has 0 radical (unpaired) electrons. The summed E-state index contributed by atoms with van der Waals surface area (Å²) in [5.41, 5.74) is 0.720. The van der Waals surface area contributed by atoms with Crippen molar-refractivity contribution >= 4 is 10.0 Å². The van der Waals surface area contributed by atoms with Crippen LogP contribution in [0.1, 0.15) is 18.5 Å². The van der Waals surface area contributed by atoms with Gasteiger partial charge in [-0.2, -0.15) is 0 Å². The van der Waals surface area contributed by atoms with Crippen LogP contribution >= 0.6 is 0 Å². The molecule has 0 aromatic heterocycles. The van der Waals surface area contributed by atoms with Crippen LogP contribution < -0.4 is 10.5 Å². The van der Waals surface area contributed by atoms with Crippen LogP contribution in [-0.2, 0) is 10.0 Å². The first-order valence-corrected chi connectivity index (χ1v) is 6.49. The molecule has 0 saturated carbocycles. The molecule has 7 heteroatoms. The molecule has 0 aliphatic heterocycles. The summed E-state index contributed by atoms with van der Waals surface area (Å²) in [4.78, 5) is 0.00214. The Morgan fingerprint density at radius 3 is 2.24 bits per heavy atom. The van der Waals surface area contributed by atoms with E-state index in [0.29, 0.717) is 0 Å². The fourth-order valence-electron chi connectivity index (χ4n) is 1.33. The fraction of sp³-hybridized carbons (Fsp3) is 0.400. The second-order valence-corrected chi connectivity index (χ2v) is 5.20. The lowest BCUT2D eigenvalue weighted by molar-refractivity contribution is 0.142. The summed E-state index contributed by atoms with van der Waals surface area (Å²) in [5, 5.41) is 7.56. The molecule has 0 spiro atoms. The molecule has 0 aliphatic rings. The van der Waals surface area contributed by atoms with Gasteiger partial charge >= 0.3 is 0 Å². The van der Waals surface area contributed by atoms with Gasteiger partial charge < -0.3 is 5.32 Å². The zero-order chi connectivity index (χ0) is 13.1. The van der Waals surface area contributed by atoms with Crippen LogP contribution in [0.2, 0.25) is 0 Å². The van der Waals surface area contributed by atoms with Gasteiger partial charge in [-0.1, -0.05) is 12.1 Å². The number of rotatable bonds is 5. The molecule has 1 atom stereocenters. The molecular formula is C10H14F2N2O2S. The maximum absolute atomic E-state index is 12.0. The molecule has 1 unspecified atom stereocenters. The van der Waals surface area contributed by atoms with Gasteiger partial charge in [0.15, 0.2) is 0 Å². The van der Waals surface area contributed by atoms with E-state index in [1.54, 1.807) is 19.1 Å². The average Bonchev–Trinajstić information content (AvgIpc) is 2.25. The monoisotopic (exact) mass is 264 g/mol. The molecule has 4 nitrogen and oxygen atoms in total. The van der Waals surface area contributed by atoms with E-state index in [-0.39, 0.29) is 10.9 Å². The van der Waals surface area contributed by atoms with E-state index in [2.05, 4.69) is 5.32 Å². The number of benzene rings is 1. The molecule has 1 rings (SSSR count). The quantitative estimate of drug-likeness (QED) is 0.840. The minimum atomic E-state index is -3.71. The predicted octanol–water partition coefficient (Wildman–Crippen LogP) is 1.25. The zero-order valence-corrected chi connectivity index (χ0v) is 10.0. The summed E-state index contributed by atoms with van der Waals surface area (Å²) in [6, 6.07) is 5.51. The van der Waals surface area contributed by atoms with Gasteiger partial charge in [0, 0.05) is 6.04 Å². The lowest BCUT2D eigenvalue weighted by Crippen LogP contribution is -2.24. The molecular weight excluding hydrogens is 250 g/mol. The molecule has 96 valence electrons. The molecule has 0 bridgehead atoms. The van der Waals surface area contributed by atoms with Crippen molar-refractivity contribution in [3.05, 3.63) is 29.8 Å². The Morgan fingerprint density at radius 1 is 1.29 bits per heavy atom. The van der Waals surface area contributed by atoms with Crippen molar-refractivity contribution in [2.75, 3.05) is 6.54 Å². The number of sulfonamides is 1. The minimum Gasteiger partial charge on any atom is -0.305 e. The smallest absolute Gasteiger partial charge is 0.250 e. The Bertz CT molecular complexity index is 460. The van der Waals surface area contributed by atoms with Crippen LogP contribution in [0, 0.1) is 0 Å². The summed E-state index contributed by atoms with van der Waals surface area (Å²) in [6.45, 7) is 1.31. The van der Waals surface area contributed by atoms with Crippen LogP contribution in [0.4, 0.5) is 8.78 Å². The van der Waals surface area contributed by atoms with Crippen molar-refractivity contribution in [1.82, 2.24) is 5.32 Å². The predicted molar refractivity (Wildman–Crippen MR) is 60.2 cm³/mol. The first-order chi connectivity index (χ1) is 7.80. The lowest BCUT2D eigenvalue weighted by atomic mass is 10.1. The van der Waals surface area contributed by atoms with Crippen molar-refractivity contribution in [1.29, 1.82) is 0 Å². The van der Waals surface area contributed by atoms with E-state index in [0.717, 1.165) is 5.56 Å². The van der Waals surface area contributed by atoms with E-state index in [1.165, 1.54) is 12.1 Å². The fourth-order valence-corrected chi connectivity index (χ4v) is 1.85. The third kappa shape index (κ3) is 4.37. The molecule has 3 N–H and O–H groups in total. The molecule has 0 aliphatic carbocycles. The van der Waals surface area contributed by atoms with Gasteiger partial charge in [0.05, 0.1) is 11.4 Å². The SMILES string of the molecule is CC(NCC(F)F)c1ccc(S(N)(=O)=O)cc1. The Hall–Kier alpha value is -1.05. The Morgan fingerprint density at radius 2 is 1.82 bits per heavy atom. The normalized spacial score (nSPS) is 13.9. The number of alkyl halides is 2. The van der Waals surface area contributed by atoms with Crippen molar-refractivity contribution < 1.29 is 17.2 Å². The van der Waals surface area contributed by atoms with Crippen LogP contribution in [0.25, 0.3) is 0 Å². The zero-order valence-electron chi connectivity index (χ0n) is 9.23. The Balaban J connectivity index is 2.74. The van der Waals surface area contributed by atoms with Crippen molar-refractivity contribution in [2.45, 2.75) is 24.3 Å². The van der Waals surface area contributed by atoms with Gasteiger partial charge in [-0.25, -0.2) is 22.3 Å². The highest BCUT2D eigenvalue weighted by atomic mass is 32.2. The van der Waals surface area contributed by atoms with Crippen molar-refractivity contribution in [2.24, 2.45) is 5.14 Å². The molecule has 1 aromatic carbocycles. The summed E-state index contributed by atoms with van der Waals surface area (Å²) >= 11 is 0. The highest BCUT2D eigenvalue weighted by Crippen LogP contribution is 2.15. The summed E-state index contributed by atoms with van der Waals surface area (Å²) in [6.07, 6.45) is -2.42. The van der Waals surface area contributed by atoms with Gasteiger partial charge in [0.1, 0.15) is 0 Å². The topological polar surface area (TPSA) is 72.2 Å². The van der Waals surface area contributed by atoms with E-state index >= 15 is 0 Å². The number of hydrogen-bond donors (Lipinski definition) is 2. The number of primary sulfonamides is 1. The largest absolute Gasteiger partial charge is 0.305 e. The third-order valence-corrected chi connectivity index (χ3v) is 3.22. The van der Waals surface area contributed by atoms with Crippen molar-refractivity contribution in [3.63, 3.8) is 0 Å². The van der Waals surface area contributed by atoms with E-state index < -0.39 is 23.0 Å². The van der Waals surface area contributed by atoms with Crippen LogP contribution in [0.5, 0.6) is 0 Å². The number of hydrogen-bond acceptors (Lipinski definition) is 3. The Kier molecular flexibility index (Phi) is 4.55. The van der Waals surface area contributed by atoms with Crippen LogP contribution in [0.15, 0.2) is 29.2 Å². The van der Waals surface area contributed by atoms with Gasteiger partial charge in [0.2, 0.25) is 10.0 Å². The molecule has 0 heterocycles. The number of nitrogens with two attached hydrogens (primary N) is 1. The van der Waals surface area contributed by atoms with E-state index in [9.17, 15) is 17.2 Å². The summed E-state index contributed by atoms with van der Waals surface area (Å²) < 4.78 is 45.9. The first kappa shape index (κ1) is 14.0. The minimum absolute atomic E-state index is 0.00214. The maximum atomic E-state index is 12.0. The third-order valence-electron chi connectivity index (χ3n) is 2.29. The maximum Gasteiger partial charge on any atom is 0.250 e. The van der Waals surface area contributed by atoms with Crippen LogP contribution in [0.3, 0.4) is 0 Å². The van der Waals surface area contributed by atoms with Gasteiger partial charge in [-0.3, -0.25) is 0 Å². The molecule has 0 saturated heterocycles.